The van der Waals surface area contributed by atoms with Gasteiger partial charge in [0.15, 0.2) is 0 Å². The number of nitrogens with zero attached hydrogens (tertiary/aromatic N) is 1. The topological polar surface area (TPSA) is 113 Å². The number of nitrogens with one attached hydrogen (secondary N) is 1. The number of aliphatic carboxylic acids is 1. The van der Waals surface area contributed by atoms with E-state index in [2.05, 4.69) is 5.32 Å². The number of carboxylic acid groups (broad SMARTS) is 1. The van der Waals surface area contributed by atoms with Crippen molar-refractivity contribution in [3.63, 3.8) is 0 Å². The number of carbonyl (C=O) groups excluding carboxylic acids is 3. The van der Waals surface area contributed by atoms with Gasteiger partial charge in [-0.25, -0.2) is 0 Å². The van der Waals surface area contributed by atoms with Gasteiger partial charge in [-0.1, -0.05) is 23.2 Å². The molecule has 0 aliphatic carbocycles. The molecule has 1 aliphatic heterocycles. The summed E-state index contributed by atoms with van der Waals surface area (Å²) < 4.78 is 5.77. The summed E-state index contributed by atoms with van der Waals surface area (Å²) in [6.45, 7) is -0.201. The van der Waals surface area contributed by atoms with Gasteiger partial charge in [-0.2, -0.15) is 0 Å². The quantitative estimate of drug-likeness (QED) is 0.437. The summed E-state index contributed by atoms with van der Waals surface area (Å²) in [5.41, 5.74) is 1.22. The third kappa shape index (κ3) is 4.88. The van der Waals surface area contributed by atoms with Crippen LogP contribution in [0.15, 0.2) is 60.7 Å². The van der Waals surface area contributed by atoms with E-state index in [0.29, 0.717) is 27.8 Å². The summed E-state index contributed by atoms with van der Waals surface area (Å²) in [5.74, 6) is -1.79. The normalized spacial score (nSPS) is 12.5. The van der Waals surface area contributed by atoms with E-state index < -0.39 is 17.8 Å². The first-order valence-electron chi connectivity index (χ1n) is 9.99. The lowest BCUT2D eigenvalue weighted by atomic mass is 10.1. The lowest BCUT2D eigenvalue weighted by Crippen LogP contribution is -2.31. The van der Waals surface area contributed by atoms with Crippen LogP contribution in [0.4, 0.5) is 5.69 Å². The second kappa shape index (κ2) is 9.54. The highest BCUT2D eigenvalue weighted by molar-refractivity contribution is 6.42. The Hall–Kier alpha value is -3.88. The van der Waals surface area contributed by atoms with E-state index in [1.165, 1.54) is 24.3 Å². The van der Waals surface area contributed by atoms with Crippen molar-refractivity contribution in [3.05, 3.63) is 87.4 Å². The highest BCUT2D eigenvalue weighted by atomic mass is 35.5. The molecule has 10 heteroatoms. The molecule has 3 aromatic rings. The maximum absolute atomic E-state index is 12.5. The van der Waals surface area contributed by atoms with Gasteiger partial charge in [0, 0.05) is 17.8 Å². The molecule has 0 spiro atoms. The first-order valence-corrected chi connectivity index (χ1v) is 10.7. The summed E-state index contributed by atoms with van der Waals surface area (Å²) in [7, 11) is 0. The third-order valence-electron chi connectivity index (χ3n) is 5.02. The molecular formula is C24H16Cl2N2O6. The standard InChI is InChI=1S/C24H16Cl2N2O6/c25-19-8-1-13(11-20(19)26)22(31)27-14-2-4-15(5-3-14)34-16-6-7-17-18(12-16)24(33)28(23(17)32)10-9-21(29)30/h1-8,11-12H,9-10H2,(H,27,31)(H,29,30). The molecule has 0 saturated heterocycles. The van der Waals surface area contributed by atoms with Crippen molar-refractivity contribution < 1.29 is 29.0 Å². The number of hydrogen-bond donors (Lipinski definition) is 2. The monoisotopic (exact) mass is 498 g/mol. The maximum Gasteiger partial charge on any atom is 0.305 e. The summed E-state index contributed by atoms with van der Waals surface area (Å²) in [6.07, 6.45) is -0.331. The molecule has 0 unspecified atom stereocenters. The van der Waals surface area contributed by atoms with Gasteiger partial charge in [-0.15, -0.1) is 0 Å². The highest BCUT2D eigenvalue weighted by Crippen LogP contribution is 2.30. The number of benzene rings is 3. The fraction of sp³-hybridized carbons (Fsp3) is 0.0833. The zero-order chi connectivity index (χ0) is 24.4. The van der Waals surface area contributed by atoms with E-state index in [4.69, 9.17) is 33.0 Å². The summed E-state index contributed by atoms with van der Waals surface area (Å²) in [6, 6.07) is 15.6. The van der Waals surface area contributed by atoms with Crippen LogP contribution >= 0.6 is 23.2 Å². The second-order valence-electron chi connectivity index (χ2n) is 7.32. The Labute approximate surface area is 203 Å². The maximum atomic E-state index is 12.5. The zero-order valence-corrected chi connectivity index (χ0v) is 18.9. The number of hydrogen-bond acceptors (Lipinski definition) is 5. The summed E-state index contributed by atoms with van der Waals surface area (Å²) in [4.78, 5) is 49.0. The Balaban J connectivity index is 1.43. The molecule has 3 amide bonds. The predicted octanol–water partition coefficient (Wildman–Crippen LogP) is 5.11. The van der Waals surface area contributed by atoms with Crippen molar-refractivity contribution in [1.82, 2.24) is 4.90 Å². The van der Waals surface area contributed by atoms with Crippen molar-refractivity contribution >= 4 is 52.6 Å². The van der Waals surface area contributed by atoms with E-state index in [0.717, 1.165) is 4.90 Å². The molecule has 8 nitrogen and oxygen atoms in total. The number of fused-ring (bicyclic) bond motifs is 1. The number of imide groups is 1. The molecule has 2 N–H and O–H groups in total. The minimum Gasteiger partial charge on any atom is -0.481 e. The Kier molecular flexibility index (Phi) is 6.54. The number of carbonyl (C=O) groups is 4. The molecule has 1 aliphatic rings. The molecule has 0 saturated carbocycles. The van der Waals surface area contributed by atoms with Gasteiger partial charge in [0.05, 0.1) is 27.6 Å². The van der Waals surface area contributed by atoms with Crippen molar-refractivity contribution in [2.45, 2.75) is 6.42 Å². The van der Waals surface area contributed by atoms with Crippen LogP contribution in [0.1, 0.15) is 37.5 Å². The van der Waals surface area contributed by atoms with Crippen molar-refractivity contribution in [2.75, 3.05) is 11.9 Å². The number of ether oxygens (including phenoxy) is 1. The smallest absolute Gasteiger partial charge is 0.305 e. The average Bonchev–Trinajstić information content (AvgIpc) is 3.04. The minimum atomic E-state index is -1.10. The van der Waals surface area contributed by atoms with Crippen LogP contribution in [0, 0.1) is 0 Å². The molecular weight excluding hydrogens is 483 g/mol. The van der Waals surface area contributed by atoms with E-state index in [1.54, 1.807) is 36.4 Å². The molecule has 3 aromatic carbocycles. The first kappa shape index (κ1) is 23.3. The van der Waals surface area contributed by atoms with Gasteiger partial charge in [0.25, 0.3) is 17.7 Å². The molecule has 0 radical (unpaired) electrons. The van der Waals surface area contributed by atoms with Gasteiger partial charge in [-0.05, 0) is 60.7 Å². The molecule has 0 bridgehead atoms. The fourth-order valence-electron chi connectivity index (χ4n) is 3.33. The molecule has 4 rings (SSSR count). The summed E-state index contributed by atoms with van der Waals surface area (Å²) in [5, 5.41) is 12.2. The highest BCUT2D eigenvalue weighted by Gasteiger charge is 2.35. The Morgan fingerprint density at radius 1 is 0.853 bits per heavy atom. The van der Waals surface area contributed by atoms with E-state index in [9.17, 15) is 19.2 Å². The number of anilines is 1. The molecule has 0 fully saturated rings. The van der Waals surface area contributed by atoms with Crippen LogP contribution in [0.5, 0.6) is 11.5 Å². The van der Waals surface area contributed by atoms with Gasteiger partial charge in [0.1, 0.15) is 11.5 Å². The number of rotatable bonds is 7. The van der Waals surface area contributed by atoms with Crippen LogP contribution in [-0.2, 0) is 4.79 Å². The van der Waals surface area contributed by atoms with E-state index >= 15 is 0 Å². The zero-order valence-electron chi connectivity index (χ0n) is 17.4. The lowest BCUT2D eigenvalue weighted by Gasteiger charge is -2.11. The van der Waals surface area contributed by atoms with Crippen LogP contribution in [-0.4, -0.2) is 40.2 Å². The van der Waals surface area contributed by atoms with Crippen molar-refractivity contribution in [3.8, 4) is 11.5 Å². The van der Waals surface area contributed by atoms with Gasteiger partial charge < -0.3 is 15.2 Å². The number of amides is 3. The fourth-order valence-corrected chi connectivity index (χ4v) is 3.62. The molecule has 172 valence electrons. The van der Waals surface area contributed by atoms with Crippen molar-refractivity contribution in [2.24, 2.45) is 0 Å². The lowest BCUT2D eigenvalue weighted by molar-refractivity contribution is -0.137. The predicted molar refractivity (Wildman–Crippen MR) is 125 cm³/mol. The van der Waals surface area contributed by atoms with Gasteiger partial charge in [-0.3, -0.25) is 24.1 Å². The van der Waals surface area contributed by atoms with Gasteiger partial charge >= 0.3 is 5.97 Å². The Bertz CT molecular complexity index is 1320. The van der Waals surface area contributed by atoms with Crippen molar-refractivity contribution in [1.29, 1.82) is 0 Å². The van der Waals surface area contributed by atoms with Crippen LogP contribution in [0.25, 0.3) is 0 Å². The second-order valence-corrected chi connectivity index (χ2v) is 8.14. The molecule has 0 atom stereocenters. The summed E-state index contributed by atoms with van der Waals surface area (Å²) >= 11 is 11.8. The average molecular weight is 499 g/mol. The molecule has 0 aromatic heterocycles. The van der Waals surface area contributed by atoms with Crippen LogP contribution in [0.2, 0.25) is 10.0 Å². The molecule has 1 heterocycles. The number of carboxylic acids is 1. The number of halogens is 2. The SMILES string of the molecule is O=C(O)CCN1C(=O)c2ccc(Oc3ccc(NC(=O)c4ccc(Cl)c(Cl)c4)cc3)cc2C1=O. The Morgan fingerprint density at radius 3 is 2.21 bits per heavy atom. The molecule has 34 heavy (non-hydrogen) atoms. The largest absolute Gasteiger partial charge is 0.481 e. The van der Waals surface area contributed by atoms with Crippen LogP contribution in [0.3, 0.4) is 0 Å². The van der Waals surface area contributed by atoms with Gasteiger partial charge in [0.2, 0.25) is 0 Å². The first-order chi connectivity index (χ1) is 16.2. The third-order valence-corrected chi connectivity index (χ3v) is 5.76. The Morgan fingerprint density at radius 2 is 1.53 bits per heavy atom. The van der Waals surface area contributed by atoms with E-state index in [1.807, 2.05) is 0 Å². The van der Waals surface area contributed by atoms with E-state index in [-0.39, 0.29) is 35.0 Å². The minimum absolute atomic E-state index is 0.151. The van der Waals surface area contributed by atoms with Crippen LogP contribution < -0.4 is 10.1 Å².